The molecule has 0 aliphatic carbocycles. The zero-order valence-electron chi connectivity index (χ0n) is 23.2. The number of aliphatic hydroxyl groups is 1. The number of carbonyl (C=O) groups is 1. The number of allylic oxidation sites excluding steroid dienone is 1. The van der Waals surface area contributed by atoms with E-state index in [1.807, 2.05) is 43.3 Å². The molecule has 3 aromatic rings. The Morgan fingerprint density at radius 1 is 0.974 bits per heavy atom. The van der Waals surface area contributed by atoms with Gasteiger partial charge in [-0.25, -0.2) is 4.79 Å². The Morgan fingerprint density at radius 3 is 2.23 bits per heavy atom. The van der Waals surface area contributed by atoms with E-state index >= 15 is 0 Å². The van der Waals surface area contributed by atoms with Gasteiger partial charge in [0.1, 0.15) is 17.3 Å². The third-order valence-electron chi connectivity index (χ3n) is 6.61. The fraction of sp³-hybridized carbons (Fsp3) is 0.242. The first kappa shape index (κ1) is 29.3. The predicted molar refractivity (Wildman–Crippen MR) is 158 cm³/mol. The molecule has 0 aliphatic heterocycles. The summed E-state index contributed by atoms with van der Waals surface area (Å²) in [5.41, 5.74) is 6.51. The lowest BCUT2D eigenvalue weighted by Crippen LogP contribution is -2.24. The van der Waals surface area contributed by atoms with Crippen LogP contribution in [-0.4, -0.2) is 36.4 Å². The van der Waals surface area contributed by atoms with Crippen LogP contribution in [0.4, 0.5) is 0 Å². The number of hydrogen-bond donors (Lipinski definition) is 3. The topological polar surface area (TPSA) is 88.0 Å². The van der Waals surface area contributed by atoms with Gasteiger partial charge in [0.2, 0.25) is 0 Å². The molecule has 0 spiro atoms. The number of aliphatic carboxylic acids is 1. The van der Waals surface area contributed by atoms with Gasteiger partial charge in [-0.2, -0.15) is 0 Å². The summed E-state index contributed by atoms with van der Waals surface area (Å²) in [6.45, 7) is 6.19. The highest BCUT2D eigenvalue weighted by Crippen LogP contribution is 2.32. The molecule has 3 rings (SSSR count). The summed E-state index contributed by atoms with van der Waals surface area (Å²) >= 11 is 0. The molecule has 3 aromatic carbocycles. The lowest BCUT2D eigenvalue weighted by atomic mass is 9.96. The average Bonchev–Trinajstić information content (AvgIpc) is 2.94. The quantitative estimate of drug-likeness (QED) is 0.1000. The van der Waals surface area contributed by atoms with E-state index in [1.165, 1.54) is 22.8 Å². The Morgan fingerprint density at radius 2 is 1.64 bits per heavy atom. The third-order valence-corrected chi connectivity index (χ3v) is 6.61. The molecule has 0 saturated heterocycles. The minimum atomic E-state index is -1.12. The monoisotopic (exact) mass is 527 g/mol. The highest BCUT2D eigenvalue weighted by molar-refractivity contribution is 5.87. The van der Waals surface area contributed by atoms with Crippen LogP contribution in [0.3, 0.4) is 0 Å². The van der Waals surface area contributed by atoms with Gasteiger partial charge >= 0.3 is 5.97 Å². The van der Waals surface area contributed by atoms with Gasteiger partial charge < -0.3 is 25.0 Å². The van der Waals surface area contributed by atoms with Crippen molar-refractivity contribution in [3.8, 4) is 22.6 Å². The number of rotatable bonds is 12. The summed E-state index contributed by atoms with van der Waals surface area (Å²) in [5, 5.41) is 22.6. The van der Waals surface area contributed by atoms with Gasteiger partial charge in [-0.3, -0.25) is 0 Å². The highest BCUT2D eigenvalue weighted by Gasteiger charge is 2.14. The van der Waals surface area contributed by atoms with Crippen LogP contribution >= 0.6 is 0 Å². The molecule has 0 amide bonds. The highest BCUT2D eigenvalue weighted by atomic mass is 16.5. The van der Waals surface area contributed by atoms with Gasteiger partial charge in [-0.1, -0.05) is 73.7 Å². The molecular weight excluding hydrogens is 490 g/mol. The van der Waals surface area contributed by atoms with Gasteiger partial charge in [0.05, 0.1) is 19.8 Å². The Hall–Kier alpha value is -4.29. The van der Waals surface area contributed by atoms with Crippen molar-refractivity contribution in [3.05, 3.63) is 106 Å². The molecule has 0 aromatic heterocycles. The lowest BCUT2D eigenvalue weighted by molar-refractivity contribution is -0.133. The number of aliphatic hydroxyl groups excluding tert-OH is 1. The number of nitrogens with one attached hydrogen (secondary N) is 1. The second kappa shape index (κ2) is 14.0. The van der Waals surface area contributed by atoms with E-state index < -0.39 is 5.97 Å². The van der Waals surface area contributed by atoms with Crippen LogP contribution in [0.5, 0.6) is 11.5 Å². The van der Waals surface area contributed by atoms with Gasteiger partial charge in [0.15, 0.2) is 0 Å². The predicted octanol–water partition coefficient (Wildman–Crippen LogP) is 7.19. The van der Waals surface area contributed by atoms with Crippen molar-refractivity contribution in [2.24, 2.45) is 0 Å². The summed E-state index contributed by atoms with van der Waals surface area (Å²) in [7, 11) is 3.26. The molecule has 1 unspecified atom stereocenters. The largest absolute Gasteiger partial charge is 0.507 e. The fourth-order valence-corrected chi connectivity index (χ4v) is 4.33. The first-order valence-corrected chi connectivity index (χ1v) is 12.9. The van der Waals surface area contributed by atoms with Crippen LogP contribution in [0.25, 0.3) is 23.3 Å². The van der Waals surface area contributed by atoms with Gasteiger partial charge in [0, 0.05) is 18.2 Å². The lowest BCUT2D eigenvalue weighted by Gasteiger charge is -2.17. The van der Waals surface area contributed by atoms with Crippen molar-refractivity contribution in [1.82, 2.24) is 5.32 Å². The summed E-state index contributed by atoms with van der Waals surface area (Å²) in [5.74, 6) is 0.0149. The molecule has 3 N–H and O–H groups in total. The Bertz CT molecular complexity index is 1350. The second-order valence-electron chi connectivity index (χ2n) is 9.17. The Labute approximate surface area is 230 Å². The minimum Gasteiger partial charge on any atom is -0.507 e. The van der Waals surface area contributed by atoms with Crippen molar-refractivity contribution in [2.75, 3.05) is 14.2 Å². The Kier molecular flexibility index (Phi) is 10.5. The second-order valence-corrected chi connectivity index (χ2v) is 9.17. The van der Waals surface area contributed by atoms with E-state index in [0.29, 0.717) is 18.0 Å². The van der Waals surface area contributed by atoms with E-state index in [0.717, 1.165) is 16.7 Å². The van der Waals surface area contributed by atoms with Crippen LogP contribution in [0.2, 0.25) is 0 Å². The first-order valence-electron chi connectivity index (χ1n) is 12.9. The Balaban J connectivity index is 1.80. The van der Waals surface area contributed by atoms with Crippen LogP contribution in [-0.2, 0) is 11.3 Å². The molecule has 6 nitrogen and oxygen atoms in total. The van der Waals surface area contributed by atoms with Gasteiger partial charge in [0.25, 0.3) is 0 Å². The zero-order chi connectivity index (χ0) is 28.4. The molecule has 1 atom stereocenters. The minimum absolute atomic E-state index is 0.0209. The molecule has 0 radical (unpaired) electrons. The van der Waals surface area contributed by atoms with Crippen LogP contribution in [0.1, 0.15) is 42.5 Å². The summed E-state index contributed by atoms with van der Waals surface area (Å²) in [6.07, 6.45) is 7.52. The smallest absolute Gasteiger partial charge is 0.335 e. The van der Waals surface area contributed by atoms with E-state index in [4.69, 9.17) is 9.47 Å². The van der Waals surface area contributed by atoms with Crippen molar-refractivity contribution in [1.29, 1.82) is 0 Å². The van der Waals surface area contributed by atoms with Crippen molar-refractivity contribution < 1.29 is 24.5 Å². The number of carboxylic acids is 1. The molecule has 39 heavy (non-hydrogen) atoms. The maximum atomic E-state index is 11.2. The summed E-state index contributed by atoms with van der Waals surface area (Å²) < 4.78 is 11.4. The van der Waals surface area contributed by atoms with Crippen molar-refractivity contribution in [2.45, 2.75) is 39.8 Å². The molecule has 0 heterocycles. The third kappa shape index (κ3) is 7.62. The zero-order valence-corrected chi connectivity index (χ0v) is 23.2. The average molecular weight is 528 g/mol. The maximum absolute atomic E-state index is 11.2. The molecule has 0 fully saturated rings. The molecular formula is C33H37NO5. The molecule has 204 valence electrons. The summed E-state index contributed by atoms with van der Waals surface area (Å²) in [6, 6.07) is 20.5. The number of benzene rings is 3. The SMILES string of the molecule is CC/C(C(=O)O)=C(O)\C=C/C(C)NCc1c(OC)cc(/C=C/c2cccc(-c3ccccc3)c2C)cc1OC. The van der Waals surface area contributed by atoms with E-state index in [2.05, 4.69) is 48.6 Å². The van der Waals surface area contributed by atoms with Gasteiger partial charge in [-0.05, 0) is 66.3 Å². The van der Waals surface area contributed by atoms with Crippen LogP contribution in [0, 0.1) is 6.92 Å². The maximum Gasteiger partial charge on any atom is 0.335 e. The summed E-state index contributed by atoms with van der Waals surface area (Å²) in [4.78, 5) is 11.2. The van der Waals surface area contributed by atoms with E-state index in [1.54, 1.807) is 27.2 Å². The van der Waals surface area contributed by atoms with Crippen LogP contribution < -0.4 is 14.8 Å². The first-order chi connectivity index (χ1) is 18.8. The molecule has 0 bridgehead atoms. The van der Waals surface area contributed by atoms with Crippen molar-refractivity contribution >= 4 is 18.1 Å². The normalized spacial score (nSPS) is 12.9. The number of methoxy groups -OCH3 is 2. The van der Waals surface area contributed by atoms with Gasteiger partial charge in [-0.15, -0.1) is 0 Å². The molecule has 6 heteroatoms. The number of hydrogen-bond acceptors (Lipinski definition) is 5. The van der Waals surface area contributed by atoms with Crippen LogP contribution in [0.15, 0.2) is 84.1 Å². The van der Waals surface area contributed by atoms with E-state index in [9.17, 15) is 15.0 Å². The number of carboxylic acid groups (broad SMARTS) is 1. The molecule has 0 saturated carbocycles. The van der Waals surface area contributed by atoms with E-state index in [-0.39, 0.29) is 23.8 Å². The standard InChI is InChI=1S/C33H37NO5/c1-6-27(33(36)37)30(35)18-15-22(2)34-21-29-31(38-4)19-24(20-32(29)39-5)16-17-25-13-10-14-28(23(25)3)26-11-8-7-9-12-26/h7-20,22,34-35H,6,21H2,1-5H3,(H,36,37)/b17-16+,18-15-,30-27-. The van der Waals surface area contributed by atoms with Crippen molar-refractivity contribution in [3.63, 3.8) is 0 Å². The molecule has 0 aliphatic rings. The fourth-order valence-electron chi connectivity index (χ4n) is 4.33. The number of ether oxygens (including phenoxy) is 2.